The molecule has 1 aliphatic heterocycles. The summed E-state index contributed by atoms with van der Waals surface area (Å²) in [4.78, 5) is 13.0. The second kappa shape index (κ2) is 7.51. The van der Waals surface area contributed by atoms with Gasteiger partial charge in [0.25, 0.3) is 3.79 Å². The van der Waals surface area contributed by atoms with Crippen molar-refractivity contribution >= 4 is 46.5 Å². The first-order chi connectivity index (χ1) is 9.97. The number of para-hydroxylation sites is 1. The lowest BCUT2D eigenvalue weighted by Gasteiger charge is -2.35. The number of amides is 2. The molecule has 8 heteroatoms. The monoisotopic (exact) mass is 352 g/mol. The smallest absolute Gasteiger partial charge is 0.323 e. The van der Waals surface area contributed by atoms with Gasteiger partial charge in [0, 0.05) is 5.69 Å². The van der Waals surface area contributed by atoms with Crippen LogP contribution in [0.1, 0.15) is 0 Å². The third-order valence-electron chi connectivity index (χ3n) is 3.18. The van der Waals surface area contributed by atoms with Crippen molar-refractivity contribution in [3.8, 4) is 0 Å². The van der Waals surface area contributed by atoms with Gasteiger partial charge in [-0.05, 0) is 12.1 Å². The Balaban J connectivity index is 1.99. The predicted octanol–water partition coefficient (Wildman–Crippen LogP) is 1.42. The molecule has 1 atom stereocenters. The van der Waals surface area contributed by atoms with E-state index >= 15 is 0 Å². The number of hydrogen-bond acceptors (Lipinski definition) is 2. The van der Waals surface area contributed by atoms with Crippen LogP contribution in [0.25, 0.3) is 0 Å². The molecule has 5 nitrogen and oxygen atoms in total. The molecule has 1 aliphatic rings. The number of carbonyl (C=O) groups excluding carboxylic acids is 1. The minimum absolute atomic E-state index is 0.406. The molecule has 2 rings (SSSR count). The van der Waals surface area contributed by atoms with Crippen molar-refractivity contribution in [1.29, 1.82) is 0 Å². The Hall–Kier alpha value is -0.720. The summed E-state index contributed by atoms with van der Waals surface area (Å²) >= 11 is 18.0. The quantitative estimate of drug-likeness (QED) is 0.720. The van der Waals surface area contributed by atoms with E-state index < -0.39 is 16.0 Å². The maximum absolute atomic E-state index is 12.1. The molecule has 0 unspecified atom stereocenters. The van der Waals surface area contributed by atoms with Crippen molar-refractivity contribution in [2.24, 2.45) is 0 Å². The number of anilines is 1. The van der Waals surface area contributed by atoms with Gasteiger partial charge in [0.15, 0.2) is 0 Å². The Bertz CT molecular complexity index is 461. The fourth-order valence-corrected chi connectivity index (χ4v) is 2.78. The second-order valence-electron chi connectivity index (χ2n) is 4.71. The molecule has 0 saturated carbocycles. The first-order valence-corrected chi connectivity index (χ1v) is 7.72. The van der Waals surface area contributed by atoms with Gasteiger partial charge in [0.1, 0.15) is 13.1 Å². The Morgan fingerprint density at radius 2 is 1.81 bits per heavy atom. The molecule has 1 saturated heterocycles. The van der Waals surface area contributed by atoms with E-state index in [9.17, 15) is 4.79 Å². The van der Waals surface area contributed by atoms with E-state index in [0.29, 0.717) is 32.0 Å². The molecule has 1 aromatic carbocycles. The number of benzene rings is 1. The topological polar surface area (TPSA) is 54.8 Å². The molecule has 0 radical (unpaired) electrons. The van der Waals surface area contributed by atoms with E-state index in [1.807, 2.05) is 18.2 Å². The predicted molar refractivity (Wildman–Crippen MR) is 84.2 cm³/mol. The van der Waals surface area contributed by atoms with Crippen molar-refractivity contribution in [2.75, 3.05) is 31.6 Å². The highest BCUT2D eigenvalue weighted by Gasteiger charge is 2.42. The van der Waals surface area contributed by atoms with Crippen LogP contribution in [-0.2, 0) is 4.74 Å². The normalized spacial score (nSPS) is 18.0. The number of quaternary nitrogens is 1. The number of nitrogens with one attached hydrogen (secondary N) is 3. The van der Waals surface area contributed by atoms with Crippen LogP contribution in [0.3, 0.4) is 0 Å². The lowest BCUT2D eigenvalue weighted by molar-refractivity contribution is -0.934. The maximum Gasteiger partial charge on any atom is 0.323 e. The van der Waals surface area contributed by atoms with Gasteiger partial charge >= 0.3 is 6.03 Å². The van der Waals surface area contributed by atoms with Gasteiger partial charge in [-0.15, -0.1) is 0 Å². The molecule has 1 fully saturated rings. The van der Waals surface area contributed by atoms with Crippen LogP contribution in [0.15, 0.2) is 30.3 Å². The highest BCUT2D eigenvalue weighted by molar-refractivity contribution is 6.68. The summed E-state index contributed by atoms with van der Waals surface area (Å²) in [5.41, 5.74) is 0.676. The summed E-state index contributed by atoms with van der Waals surface area (Å²) < 4.78 is 3.69. The minimum Gasteiger partial charge on any atom is -0.370 e. The van der Waals surface area contributed by atoms with Gasteiger partial charge in [0.05, 0.1) is 13.2 Å². The molecule has 0 bridgehead atoms. The van der Waals surface area contributed by atoms with E-state index in [2.05, 4.69) is 10.6 Å². The fraction of sp³-hybridized carbons (Fsp3) is 0.462. The summed E-state index contributed by atoms with van der Waals surface area (Å²) in [7, 11) is 0. The van der Waals surface area contributed by atoms with Crippen molar-refractivity contribution < 1.29 is 14.4 Å². The first kappa shape index (κ1) is 16.6. The van der Waals surface area contributed by atoms with Gasteiger partial charge in [-0.3, -0.25) is 5.32 Å². The van der Waals surface area contributed by atoms with Crippen LogP contribution in [0.2, 0.25) is 0 Å². The third kappa shape index (κ3) is 5.20. The summed E-state index contributed by atoms with van der Waals surface area (Å²) in [6.07, 6.45) is -0.643. The number of urea groups is 1. The molecule has 0 spiro atoms. The van der Waals surface area contributed by atoms with Crippen molar-refractivity contribution in [2.45, 2.75) is 9.96 Å². The Labute approximate surface area is 138 Å². The number of rotatable bonds is 3. The van der Waals surface area contributed by atoms with E-state index in [4.69, 9.17) is 39.5 Å². The van der Waals surface area contributed by atoms with Crippen LogP contribution in [0.4, 0.5) is 10.5 Å². The minimum atomic E-state index is -1.60. The van der Waals surface area contributed by atoms with Gasteiger partial charge in [0.2, 0.25) is 6.17 Å². The van der Waals surface area contributed by atoms with E-state index in [0.717, 1.165) is 4.90 Å². The van der Waals surface area contributed by atoms with E-state index in [1.165, 1.54) is 0 Å². The zero-order chi connectivity index (χ0) is 15.3. The van der Waals surface area contributed by atoms with Crippen LogP contribution in [0.5, 0.6) is 0 Å². The van der Waals surface area contributed by atoms with Crippen molar-refractivity contribution in [3.63, 3.8) is 0 Å². The Morgan fingerprint density at radius 3 is 2.38 bits per heavy atom. The molecule has 0 aliphatic carbocycles. The fourth-order valence-electron chi connectivity index (χ4n) is 2.16. The van der Waals surface area contributed by atoms with Gasteiger partial charge in [-0.1, -0.05) is 53.0 Å². The molecule has 0 aromatic heterocycles. The second-order valence-corrected chi connectivity index (χ2v) is 7.08. The molecule has 21 heavy (non-hydrogen) atoms. The average Bonchev–Trinajstić information content (AvgIpc) is 2.45. The summed E-state index contributed by atoms with van der Waals surface area (Å²) in [5.74, 6) is 0. The number of hydrogen-bond donors (Lipinski definition) is 3. The standard InChI is InChI=1S/C13H16Cl3N3O2/c14-13(15,16)11(19-6-8-21-9-7-19)18-12(20)17-10-4-2-1-3-5-10/h1-5,11H,6-9H2,(H2,17,18,20)/p+1/t11-/m1/s1. The Kier molecular flexibility index (Phi) is 5.96. The maximum atomic E-state index is 12.1. The van der Waals surface area contributed by atoms with Crippen LogP contribution in [0, 0.1) is 0 Å². The molecule has 3 N–H and O–H groups in total. The van der Waals surface area contributed by atoms with Crippen molar-refractivity contribution in [1.82, 2.24) is 5.32 Å². The lowest BCUT2D eigenvalue weighted by Crippen LogP contribution is -3.21. The highest BCUT2D eigenvalue weighted by atomic mass is 35.6. The van der Waals surface area contributed by atoms with Crippen LogP contribution in [-0.4, -0.2) is 42.3 Å². The largest absolute Gasteiger partial charge is 0.370 e. The van der Waals surface area contributed by atoms with Crippen LogP contribution >= 0.6 is 34.8 Å². The van der Waals surface area contributed by atoms with Gasteiger partial charge < -0.3 is 15.0 Å². The number of ether oxygens (including phenoxy) is 1. The zero-order valence-electron chi connectivity index (χ0n) is 11.2. The number of alkyl halides is 3. The van der Waals surface area contributed by atoms with Crippen LogP contribution < -0.4 is 15.5 Å². The van der Waals surface area contributed by atoms with E-state index in [1.54, 1.807) is 12.1 Å². The van der Waals surface area contributed by atoms with Crippen molar-refractivity contribution in [3.05, 3.63) is 30.3 Å². The number of morpholine rings is 1. The summed E-state index contributed by atoms with van der Waals surface area (Å²) in [6, 6.07) is 8.68. The Morgan fingerprint density at radius 1 is 1.19 bits per heavy atom. The van der Waals surface area contributed by atoms with Gasteiger partial charge in [-0.2, -0.15) is 0 Å². The summed E-state index contributed by atoms with van der Waals surface area (Å²) in [6.45, 7) is 2.50. The molecular formula is C13H17Cl3N3O2+. The number of carbonyl (C=O) groups is 1. The van der Waals surface area contributed by atoms with Gasteiger partial charge in [-0.25, -0.2) is 4.79 Å². The third-order valence-corrected chi connectivity index (χ3v) is 3.83. The molecule has 1 heterocycles. The molecule has 116 valence electrons. The number of halogens is 3. The SMILES string of the molecule is O=C(Nc1ccccc1)N[C@H]([NH+]1CCOCC1)C(Cl)(Cl)Cl. The molecule has 1 aromatic rings. The zero-order valence-corrected chi connectivity index (χ0v) is 13.5. The molecule has 2 amide bonds. The highest BCUT2D eigenvalue weighted by Crippen LogP contribution is 2.27. The summed E-state index contributed by atoms with van der Waals surface area (Å²) in [5, 5.41) is 5.45. The lowest BCUT2D eigenvalue weighted by atomic mass is 10.3. The van der Waals surface area contributed by atoms with E-state index in [-0.39, 0.29) is 0 Å². The average molecular weight is 354 g/mol. The first-order valence-electron chi connectivity index (χ1n) is 6.58. The molecular weight excluding hydrogens is 337 g/mol.